The van der Waals surface area contributed by atoms with Gasteiger partial charge >= 0.3 is 0 Å². The third kappa shape index (κ3) is 3.69. The molecule has 0 bridgehead atoms. The van der Waals surface area contributed by atoms with Crippen molar-refractivity contribution in [1.82, 2.24) is 10.2 Å². The molecular formula is C15H24N2O2. The van der Waals surface area contributed by atoms with Gasteiger partial charge in [0, 0.05) is 12.6 Å². The Bertz CT molecular complexity index is 374. The van der Waals surface area contributed by atoms with Gasteiger partial charge < -0.3 is 20.1 Å². The standard InChI is InChI=1S/C15H24N2O2/c1-16-14(11-17-9-3-4-10-17)15(18)12-5-7-13(19-2)8-6-12/h5-8,14-16,18H,3-4,9-11H2,1-2H3/t14-,15-/m0/s1. The van der Waals surface area contributed by atoms with Crippen LogP contribution in [0.1, 0.15) is 24.5 Å². The summed E-state index contributed by atoms with van der Waals surface area (Å²) < 4.78 is 5.14. The molecule has 4 heteroatoms. The maximum Gasteiger partial charge on any atom is 0.118 e. The summed E-state index contributed by atoms with van der Waals surface area (Å²) in [6.45, 7) is 3.19. The number of hydrogen-bond donors (Lipinski definition) is 2. The van der Waals surface area contributed by atoms with Crippen molar-refractivity contribution in [3.8, 4) is 5.75 Å². The van der Waals surface area contributed by atoms with Gasteiger partial charge in [0.25, 0.3) is 0 Å². The molecule has 1 aromatic rings. The fourth-order valence-corrected chi connectivity index (χ4v) is 2.63. The first-order chi connectivity index (χ1) is 9.24. The molecule has 1 aliphatic rings. The second kappa shape index (κ2) is 6.89. The van der Waals surface area contributed by atoms with Crippen molar-refractivity contribution >= 4 is 0 Å². The Morgan fingerprint density at radius 3 is 2.42 bits per heavy atom. The highest BCUT2D eigenvalue weighted by Crippen LogP contribution is 2.21. The summed E-state index contributed by atoms with van der Waals surface area (Å²) in [5.74, 6) is 0.816. The molecular weight excluding hydrogens is 240 g/mol. The van der Waals surface area contributed by atoms with Gasteiger partial charge in [0.05, 0.1) is 13.2 Å². The lowest BCUT2D eigenvalue weighted by molar-refractivity contribution is 0.110. The number of nitrogens with one attached hydrogen (secondary N) is 1. The smallest absolute Gasteiger partial charge is 0.118 e. The number of aliphatic hydroxyl groups excluding tert-OH is 1. The van der Waals surface area contributed by atoms with Gasteiger partial charge in [0.1, 0.15) is 5.75 Å². The maximum atomic E-state index is 10.5. The van der Waals surface area contributed by atoms with Crippen molar-refractivity contribution in [3.63, 3.8) is 0 Å². The average molecular weight is 264 g/mol. The predicted octanol–water partition coefficient (Wildman–Crippen LogP) is 1.41. The SMILES string of the molecule is CN[C@@H](CN1CCCC1)[C@@H](O)c1ccc(OC)cc1. The molecule has 2 atom stereocenters. The number of hydrogen-bond acceptors (Lipinski definition) is 4. The molecule has 4 nitrogen and oxygen atoms in total. The first-order valence-corrected chi connectivity index (χ1v) is 6.96. The Kier molecular flexibility index (Phi) is 5.19. The van der Waals surface area contributed by atoms with Crippen LogP contribution in [-0.2, 0) is 0 Å². The summed E-state index contributed by atoms with van der Waals surface area (Å²) >= 11 is 0. The Morgan fingerprint density at radius 1 is 1.26 bits per heavy atom. The second-order valence-corrected chi connectivity index (χ2v) is 5.12. The van der Waals surface area contributed by atoms with Crippen LogP contribution in [0.2, 0.25) is 0 Å². The van der Waals surface area contributed by atoms with E-state index in [4.69, 9.17) is 4.74 Å². The molecule has 0 unspecified atom stereocenters. The van der Waals surface area contributed by atoms with Crippen LogP contribution in [-0.4, -0.2) is 49.8 Å². The zero-order valence-corrected chi connectivity index (χ0v) is 11.8. The molecule has 19 heavy (non-hydrogen) atoms. The Balaban J connectivity index is 1.99. The first-order valence-electron chi connectivity index (χ1n) is 6.96. The van der Waals surface area contributed by atoms with Crippen molar-refractivity contribution in [2.75, 3.05) is 33.8 Å². The van der Waals surface area contributed by atoms with Gasteiger partial charge in [-0.25, -0.2) is 0 Å². The average Bonchev–Trinajstić information content (AvgIpc) is 2.97. The summed E-state index contributed by atoms with van der Waals surface area (Å²) in [4.78, 5) is 2.41. The lowest BCUT2D eigenvalue weighted by Gasteiger charge is -2.27. The maximum absolute atomic E-state index is 10.5. The predicted molar refractivity (Wildman–Crippen MR) is 76.5 cm³/mol. The molecule has 1 aromatic carbocycles. The zero-order valence-electron chi connectivity index (χ0n) is 11.8. The number of benzene rings is 1. The van der Waals surface area contributed by atoms with Gasteiger partial charge in [0.2, 0.25) is 0 Å². The fraction of sp³-hybridized carbons (Fsp3) is 0.600. The van der Waals surface area contributed by atoms with E-state index in [0.717, 1.165) is 30.9 Å². The number of methoxy groups -OCH3 is 1. The minimum Gasteiger partial charge on any atom is -0.497 e. The van der Waals surface area contributed by atoms with E-state index in [1.165, 1.54) is 12.8 Å². The van der Waals surface area contributed by atoms with E-state index in [0.29, 0.717) is 0 Å². The topological polar surface area (TPSA) is 44.7 Å². The van der Waals surface area contributed by atoms with Crippen molar-refractivity contribution in [3.05, 3.63) is 29.8 Å². The van der Waals surface area contributed by atoms with Crippen LogP contribution < -0.4 is 10.1 Å². The molecule has 0 radical (unpaired) electrons. The summed E-state index contributed by atoms with van der Waals surface area (Å²) in [5.41, 5.74) is 0.930. The van der Waals surface area contributed by atoms with Gasteiger partial charge in [0.15, 0.2) is 0 Å². The van der Waals surface area contributed by atoms with Crippen LogP contribution in [0.3, 0.4) is 0 Å². The number of likely N-dealkylation sites (tertiary alicyclic amines) is 1. The third-order valence-corrected chi connectivity index (χ3v) is 3.86. The van der Waals surface area contributed by atoms with Crippen molar-refractivity contribution < 1.29 is 9.84 Å². The van der Waals surface area contributed by atoms with Crippen molar-refractivity contribution in [2.24, 2.45) is 0 Å². The van der Waals surface area contributed by atoms with Crippen LogP contribution in [0.4, 0.5) is 0 Å². The summed E-state index contributed by atoms with van der Waals surface area (Å²) in [7, 11) is 3.56. The van der Waals surface area contributed by atoms with Crippen LogP contribution in [0, 0.1) is 0 Å². The first kappa shape index (κ1) is 14.3. The molecule has 0 spiro atoms. The third-order valence-electron chi connectivity index (χ3n) is 3.86. The summed E-state index contributed by atoms with van der Waals surface area (Å²) in [6, 6.07) is 7.70. The number of likely N-dealkylation sites (N-methyl/N-ethyl adjacent to an activating group) is 1. The molecule has 0 aliphatic carbocycles. The van der Waals surface area contributed by atoms with Crippen LogP contribution in [0.15, 0.2) is 24.3 Å². The molecule has 2 rings (SSSR count). The van der Waals surface area contributed by atoms with E-state index in [1.807, 2.05) is 31.3 Å². The van der Waals surface area contributed by atoms with Gasteiger partial charge in [-0.2, -0.15) is 0 Å². The number of ether oxygens (including phenoxy) is 1. The van der Waals surface area contributed by atoms with Crippen LogP contribution in [0.25, 0.3) is 0 Å². The van der Waals surface area contributed by atoms with E-state index >= 15 is 0 Å². The Morgan fingerprint density at radius 2 is 1.89 bits per heavy atom. The minimum absolute atomic E-state index is 0.0616. The van der Waals surface area contributed by atoms with Crippen molar-refractivity contribution in [2.45, 2.75) is 25.0 Å². The van der Waals surface area contributed by atoms with E-state index in [9.17, 15) is 5.11 Å². The van der Waals surface area contributed by atoms with Gasteiger partial charge in [-0.3, -0.25) is 0 Å². The molecule has 1 saturated heterocycles. The number of rotatable bonds is 6. The normalized spacial score (nSPS) is 19.3. The summed E-state index contributed by atoms with van der Waals surface area (Å²) in [6.07, 6.45) is 2.06. The van der Waals surface area contributed by atoms with Gasteiger partial charge in [-0.05, 0) is 50.7 Å². The molecule has 0 aromatic heterocycles. The molecule has 1 fully saturated rings. The largest absolute Gasteiger partial charge is 0.497 e. The van der Waals surface area contributed by atoms with E-state index in [2.05, 4.69) is 10.2 Å². The minimum atomic E-state index is -0.489. The molecule has 0 amide bonds. The fourth-order valence-electron chi connectivity index (χ4n) is 2.63. The van der Waals surface area contributed by atoms with E-state index in [1.54, 1.807) is 7.11 Å². The quantitative estimate of drug-likeness (QED) is 0.815. The van der Waals surface area contributed by atoms with E-state index in [-0.39, 0.29) is 6.04 Å². The molecule has 1 heterocycles. The Labute approximate surface area is 115 Å². The molecule has 106 valence electrons. The number of aliphatic hydroxyl groups is 1. The lowest BCUT2D eigenvalue weighted by Crippen LogP contribution is -2.42. The molecule has 0 saturated carbocycles. The molecule has 2 N–H and O–H groups in total. The summed E-state index contributed by atoms with van der Waals surface area (Å²) in [5, 5.41) is 13.7. The Hall–Kier alpha value is -1.10. The van der Waals surface area contributed by atoms with E-state index < -0.39 is 6.10 Å². The van der Waals surface area contributed by atoms with Crippen molar-refractivity contribution in [1.29, 1.82) is 0 Å². The number of nitrogens with zero attached hydrogens (tertiary/aromatic N) is 1. The highest BCUT2D eigenvalue weighted by Gasteiger charge is 2.23. The monoisotopic (exact) mass is 264 g/mol. The van der Waals surface area contributed by atoms with Crippen LogP contribution >= 0.6 is 0 Å². The van der Waals surface area contributed by atoms with Gasteiger partial charge in [-0.1, -0.05) is 12.1 Å². The second-order valence-electron chi connectivity index (χ2n) is 5.12. The van der Waals surface area contributed by atoms with Crippen LogP contribution in [0.5, 0.6) is 5.75 Å². The highest BCUT2D eigenvalue weighted by atomic mass is 16.5. The highest BCUT2D eigenvalue weighted by molar-refractivity contribution is 5.29. The lowest BCUT2D eigenvalue weighted by atomic mass is 10.0. The molecule has 1 aliphatic heterocycles. The van der Waals surface area contributed by atoms with Gasteiger partial charge in [-0.15, -0.1) is 0 Å². The zero-order chi connectivity index (χ0) is 13.7.